The van der Waals surface area contributed by atoms with E-state index in [0.29, 0.717) is 0 Å². The second-order valence-corrected chi connectivity index (χ2v) is 5.61. The number of halogens is 1. The van der Waals surface area contributed by atoms with Crippen LogP contribution in [0.15, 0.2) is 24.3 Å². The highest BCUT2D eigenvalue weighted by molar-refractivity contribution is 14.1. The first-order chi connectivity index (χ1) is 7.92. The van der Waals surface area contributed by atoms with Gasteiger partial charge < -0.3 is 5.32 Å². The molecule has 0 heterocycles. The van der Waals surface area contributed by atoms with Crippen LogP contribution in [0.4, 0.5) is 0 Å². The van der Waals surface area contributed by atoms with Crippen LogP contribution in [0.2, 0.25) is 0 Å². The van der Waals surface area contributed by atoms with E-state index >= 15 is 0 Å². The van der Waals surface area contributed by atoms with Gasteiger partial charge in [0.15, 0.2) is 0 Å². The van der Waals surface area contributed by atoms with Crippen LogP contribution in [-0.4, -0.2) is 17.5 Å². The van der Waals surface area contributed by atoms with Crippen LogP contribution in [0, 0.1) is 0 Å². The van der Waals surface area contributed by atoms with Crippen molar-refractivity contribution in [2.24, 2.45) is 0 Å². The zero-order chi connectivity index (χ0) is 11.2. The van der Waals surface area contributed by atoms with Crippen molar-refractivity contribution < 1.29 is 0 Å². The number of alkyl halides is 1. The molecule has 1 aliphatic carbocycles. The molecule has 1 unspecified atom stereocenters. The average molecular weight is 329 g/mol. The zero-order valence-electron chi connectivity index (χ0n) is 9.71. The Labute approximate surface area is 112 Å². The van der Waals surface area contributed by atoms with E-state index in [1.54, 1.807) is 11.1 Å². The molecule has 1 aliphatic rings. The summed E-state index contributed by atoms with van der Waals surface area (Å²) < 4.78 is 1.26. The van der Waals surface area contributed by atoms with Gasteiger partial charge in [0.2, 0.25) is 0 Å². The van der Waals surface area contributed by atoms with Crippen LogP contribution >= 0.6 is 22.6 Å². The molecule has 0 saturated carbocycles. The highest BCUT2D eigenvalue weighted by Crippen LogP contribution is 2.30. The summed E-state index contributed by atoms with van der Waals surface area (Å²) in [5.74, 6) is 0.749. The number of rotatable bonds is 5. The smallest absolute Gasteiger partial charge is 0.00202 e. The fraction of sp³-hybridized carbons (Fsp3) is 0.571. The number of benzene rings is 1. The van der Waals surface area contributed by atoms with Gasteiger partial charge in [-0.05, 0) is 49.3 Å². The maximum atomic E-state index is 3.59. The molecule has 1 nitrogen and oxygen atoms in total. The van der Waals surface area contributed by atoms with Crippen LogP contribution in [-0.2, 0) is 6.42 Å². The Balaban J connectivity index is 1.91. The Morgan fingerprint density at radius 2 is 2.19 bits per heavy atom. The second-order valence-electron chi connectivity index (χ2n) is 4.53. The van der Waals surface area contributed by atoms with E-state index in [-0.39, 0.29) is 0 Å². The summed E-state index contributed by atoms with van der Waals surface area (Å²) >= 11 is 2.44. The van der Waals surface area contributed by atoms with Crippen LogP contribution in [0.1, 0.15) is 36.3 Å². The Bertz CT molecular complexity index is 324. The molecule has 1 atom stereocenters. The molecule has 16 heavy (non-hydrogen) atoms. The van der Waals surface area contributed by atoms with Crippen LogP contribution in [0.3, 0.4) is 0 Å². The second kappa shape index (κ2) is 6.60. The van der Waals surface area contributed by atoms with Gasteiger partial charge in [0, 0.05) is 11.0 Å². The third-order valence-corrected chi connectivity index (χ3v) is 4.13. The molecule has 0 bridgehead atoms. The molecule has 0 saturated heterocycles. The topological polar surface area (TPSA) is 12.0 Å². The van der Waals surface area contributed by atoms with Crippen molar-refractivity contribution in [2.45, 2.75) is 31.6 Å². The first kappa shape index (κ1) is 12.4. The summed E-state index contributed by atoms with van der Waals surface area (Å²) in [4.78, 5) is 0. The van der Waals surface area contributed by atoms with E-state index in [9.17, 15) is 0 Å². The number of hydrogen-bond donors (Lipinski definition) is 1. The highest BCUT2D eigenvalue weighted by atomic mass is 127. The van der Waals surface area contributed by atoms with E-state index < -0.39 is 0 Å². The highest BCUT2D eigenvalue weighted by Gasteiger charge is 2.18. The Morgan fingerprint density at radius 1 is 1.31 bits per heavy atom. The van der Waals surface area contributed by atoms with Crippen LogP contribution < -0.4 is 5.32 Å². The largest absolute Gasteiger partial charge is 0.316 e. The van der Waals surface area contributed by atoms with Gasteiger partial charge in [-0.3, -0.25) is 0 Å². The summed E-state index contributed by atoms with van der Waals surface area (Å²) in [7, 11) is 0. The summed E-state index contributed by atoms with van der Waals surface area (Å²) in [6, 6.07) is 8.97. The minimum atomic E-state index is 0.749. The van der Waals surface area contributed by atoms with Gasteiger partial charge in [0.05, 0.1) is 0 Å². The maximum absolute atomic E-state index is 3.59. The quantitative estimate of drug-likeness (QED) is 0.495. The number of aryl methyl sites for hydroxylation is 1. The van der Waals surface area contributed by atoms with Gasteiger partial charge in [-0.15, -0.1) is 0 Å². The Morgan fingerprint density at radius 3 is 3.06 bits per heavy atom. The molecule has 88 valence electrons. The molecule has 2 heteroatoms. The van der Waals surface area contributed by atoms with Gasteiger partial charge in [0.25, 0.3) is 0 Å². The predicted octanol–water partition coefficient (Wildman–Crippen LogP) is 3.52. The molecule has 0 fully saturated rings. The van der Waals surface area contributed by atoms with Crippen molar-refractivity contribution >= 4 is 22.6 Å². The maximum Gasteiger partial charge on any atom is 0.00202 e. The van der Waals surface area contributed by atoms with Crippen LogP contribution in [0.5, 0.6) is 0 Å². The molecular weight excluding hydrogens is 309 g/mol. The minimum Gasteiger partial charge on any atom is -0.316 e. The van der Waals surface area contributed by atoms with Crippen molar-refractivity contribution in [3.05, 3.63) is 35.4 Å². The van der Waals surface area contributed by atoms with Gasteiger partial charge in [-0.25, -0.2) is 0 Å². The van der Waals surface area contributed by atoms with E-state index in [1.807, 2.05) is 0 Å². The SMILES string of the molecule is ICCCNCC1CCCc2ccccc21. The predicted molar refractivity (Wildman–Crippen MR) is 78.5 cm³/mol. The molecule has 0 spiro atoms. The third-order valence-electron chi connectivity index (χ3n) is 3.37. The lowest BCUT2D eigenvalue weighted by molar-refractivity contribution is 0.508. The van der Waals surface area contributed by atoms with Gasteiger partial charge in [-0.1, -0.05) is 46.9 Å². The average Bonchev–Trinajstić information content (AvgIpc) is 2.35. The fourth-order valence-electron chi connectivity index (χ4n) is 2.53. The number of nitrogens with one attached hydrogen (secondary N) is 1. The van der Waals surface area contributed by atoms with Crippen molar-refractivity contribution in [3.8, 4) is 0 Å². The molecule has 1 aromatic rings. The summed E-state index contributed by atoms with van der Waals surface area (Å²) in [5, 5.41) is 3.59. The molecule has 1 aromatic carbocycles. The van der Waals surface area contributed by atoms with Crippen molar-refractivity contribution in [2.75, 3.05) is 17.5 Å². The summed E-state index contributed by atoms with van der Waals surface area (Å²) in [6.07, 6.45) is 5.28. The normalized spacial score (nSPS) is 19.4. The first-order valence-electron chi connectivity index (χ1n) is 6.26. The molecule has 0 aliphatic heterocycles. The van der Waals surface area contributed by atoms with Crippen molar-refractivity contribution in [1.82, 2.24) is 5.32 Å². The Hall–Kier alpha value is -0.0900. The molecule has 1 N–H and O–H groups in total. The van der Waals surface area contributed by atoms with E-state index in [4.69, 9.17) is 0 Å². The molecule has 0 aromatic heterocycles. The lowest BCUT2D eigenvalue weighted by atomic mass is 9.83. The van der Waals surface area contributed by atoms with Crippen molar-refractivity contribution in [1.29, 1.82) is 0 Å². The van der Waals surface area contributed by atoms with E-state index in [0.717, 1.165) is 12.5 Å². The molecule has 2 rings (SSSR count). The number of hydrogen-bond acceptors (Lipinski definition) is 1. The van der Waals surface area contributed by atoms with Crippen molar-refractivity contribution in [3.63, 3.8) is 0 Å². The lowest BCUT2D eigenvalue weighted by Gasteiger charge is -2.25. The molecule has 0 amide bonds. The third kappa shape index (κ3) is 3.20. The zero-order valence-corrected chi connectivity index (χ0v) is 11.9. The van der Waals surface area contributed by atoms with Gasteiger partial charge >= 0.3 is 0 Å². The summed E-state index contributed by atoms with van der Waals surface area (Å²) in [6.45, 7) is 2.33. The van der Waals surface area contributed by atoms with E-state index in [1.165, 1.54) is 36.7 Å². The van der Waals surface area contributed by atoms with Gasteiger partial charge in [-0.2, -0.15) is 0 Å². The number of fused-ring (bicyclic) bond motifs is 1. The lowest BCUT2D eigenvalue weighted by Crippen LogP contribution is -2.25. The Kier molecular flexibility index (Phi) is 5.10. The minimum absolute atomic E-state index is 0.749. The van der Waals surface area contributed by atoms with Gasteiger partial charge in [0.1, 0.15) is 0 Å². The fourth-order valence-corrected chi connectivity index (χ4v) is 2.92. The summed E-state index contributed by atoms with van der Waals surface area (Å²) in [5.41, 5.74) is 3.17. The van der Waals surface area contributed by atoms with E-state index in [2.05, 4.69) is 52.2 Å². The molecule has 0 radical (unpaired) electrons. The van der Waals surface area contributed by atoms with Crippen LogP contribution in [0.25, 0.3) is 0 Å². The molecular formula is C14H20IN. The first-order valence-corrected chi connectivity index (χ1v) is 7.79. The standard InChI is InChI=1S/C14H20IN/c15-9-4-10-16-11-13-7-3-6-12-5-1-2-8-14(12)13/h1-2,5,8,13,16H,3-4,6-7,9-11H2. The monoisotopic (exact) mass is 329 g/mol.